The molecule has 0 aliphatic carbocycles. The molecular weight excluding hydrogens is 120 g/mol. The summed E-state index contributed by atoms with van der Waals surface area (Å²) in [5, 5.41) is 16.7. The first-order valence-corrected chi connectivity index (χ1v) is 5.49. The van der Waals surface area contributed by atoms with E-state index in [0.29, 0.717) is 6.42 Å². The number of aliphatic hydroxyl groups is 2. The summed E-state index contributed by atoms with van der Waals surface area (Å²) in [6.07, 6.45) is -0.545. The van der Waals surface area contributed by atoms with Gasteiger partial charge in [-0.15, -0.1) is 0 Å². The van der Waals surface area contributed by atoms with Crippen LogP contribution in [0.1, 0.15) is 6.42 Å². The van der Waals surface area contributed by atoms with Crippen LogP contribution in [0.4, 0.5) is 0 Å². The second-order valence-electron chi connectivity index (χ2n) is 2.23. The highest BCUT2D eigenvalue weighted by Gasteiger charge is 1.99. The van der Waals surface area contributed by atoms with Gasteiger partial charge in [-0.2, -0.15) is 0 Å². The van der Waals surface area contributed by atoms with Crippen molar-refractivity contribution in [2.75, 3.05) is 0 Å². The molecule has 1 radical (unpaired) electrons. The van der Waals surface area contributed by atoms with Gasteiger partial charge in [-0.3, -0.25) is 0 Å². The second kappa shape index (κ2) is 4.06. The molecule has 0 aliphatic rings. The molecule has 3 heteroatoms. The third-order valence-electron chi connectivity index (χ3n) is 0.903. The predicted octanol–water partition coefficient (Wildman–Crippen LogP) is 0.442. The third kappa shape index (κ3) is 6.14. The summed E-state index contributed by atoms with van der Waals surface area (Å²) >= 11 is 0. The van der Waals surface area contributed by atoms with Gasteiger partial charge in [-0.25, -0.2) is 0 Å². The molecule has 2 nitrogen and oxygen atoms in total. The molecule has 0 fully saturated rings. The molecule has 0 amide bonds. The topological polar surface area (TPSA) is 40.5 Å². The van der Waals surface area contributed by atoms with E-state index in [1.165, 1.54) is 0 Å². The van der Waals surface area contributed by atoms with Crippen molar-refractivity contribution in [1.82, 2.24) is 0 Å². The summed E-state index contributed by atoms with van der Waals surface area (Å²) in [5.74, 6) is 0. The molecule has 2 N–H and O–H groups in total. The SMILES string of the molecule is C[Si](C)CCC(O)O. The predicted molar refractivity (Wildman–Crippen MR) is 35.1 cm³/mol. The molecule has 0 spiro atoms. The number of aliphatic hydroxyl groups excluding tert-OH is 1. The first-order chi connectivity index (χ1) is 3.63. The Morgan fingerprint density at radius 3 is 2.00 bits per heavy atom. The molecule has 0 aliphatic heterocycles. The fourth-order valence-corrected chi connectivity index (χ4v) is 1.25. The average molecular weight is 133 g/mol. The van der Waals surface area contributed by atoms with Crippen LogP contribution >= 0.6 is 0 Å². The van der Waals surface area contributed by atoms with E-state index < -0.39 is 6.29 Å². The van der Waals surface area contributed by atoms with Crippen molar-refractivity contribution >= 4 is 8.80 Å². The summed E-state index contributed by atoms with van der Waals surface area (Å²) in [7, 11) is -0.250. The Kier molecular flexibility index (Phi) is 4.13. The zero-order chi connectivity index (χ0) is 6.57. The maximum absolute atomic E-state index is 8.37. The van der Waals surface area contributed by atoms with Crippen LogP contribution in [0.2, 0.25) is 19.1 Å². The van der Waals surface area contributed by atoms with Crippen molar-refractivity contribution in [3.8, 4) is 0 Å². The van der Waals surface area contributed by atoms with Crippen molar-refractivity contribution in [2.45, 2.75) is 31.8 Å². The van der Waals surface area contributed by atoms with Gasteiger partial charge in [0.2, 0.25) is 0 Å². The molecule has 0 aromatic heterocycles. The van der Waals surface area contributed by atoms with E-state index >= 15 is 0 Å². The van der Waals surface area contributed by atoms with Gasteiger partial charge in [-0.05, 0) is 6.42 Å². The maximum Gasteiger partial charge on any atom is 0.151 e. The fourth-order valence-electron chi connectivity index (χ4n) is 0.418. The third-order valence-corrected chi connectivity index (χ3v) is 2.19. The van der Waals surface area contributed by atoms with E-state index in [1.54, 1.807) is 0 Å². The minimum Gasteiger partial charge on any atom is -0.368 e. The summed E-state index contributed by atoms with van der Waals surface area (Å²) in [6, 6.07) is 0.988. The van der Waals surface area contributed by atoms with Gasteiger partial charge >= 0.3 is 0 Å². The summed E-state index contributed by atoms with van der Waals surface area (Å²) in [5.41, 5.74) is 0. The highest BCUT2D eigenvalue weighted by Crippen LogP contribution is 1.98. The number of hydrogen-bond acceptors (Lipinski definition) is 2. The zero-order valence-corrected chi connectivity index (χ0v) is 6.39. The van der Waals surface area contributed by atoms with Crippen LogP contribution < -0.4 is 0 Å². The highest BCUT2D eigenvalue weighted by atomic mass is 28.3. The zero-order valence-electron chi connectivity index (χ0n) is 5.39. The molecule has 0 saturated carbocycles. The first-order valence-electron chi connectivity index (χ1n) is 2.78. The molecular formula is C5H13O2Si. The van der Waals surface area contributed by atoms with E-state index in [0.717, 1.165) is 6.04 Å². The quantitative estimate of drug-likeness (QED) is 0.433. The van der Waals surface area contributed by atoms with Crippen molar-refractivity contribution in [1.29, 1.82) is 0 Å². The van der Waals surface area contributed by atoms with E-state index in [2.05, 4.69) is 13.1 Å². The number of hydrogen-bond donors (Lipinski definition) is 2. The van der Waals surface area contributed by atoms with Gasteiger partial charge in [0.15, 0.2) is 6.29 Å². The van der Waals surface area contributed by atoms with Crippen molar-refractivity contribution in [2.24, 2.45) is 0 Å². The van der Waals surface area contributed by atoms with Gasteiger partial charge in [-0.1, -0.05) is 19.1 Å². The molecule has 49 valence electrons. The Bertz CT molecular complexity index is 46.4. The van der Waals surface area contributed by atoms with Crippen LogP contribution in [0.25, 0.3) is 0 Å². The molecule has 0 rings (SSSR count). The molecule has 0 aromatic carbocycles. The Morgan fingerprint density at radius 2 is 1.88 bits per heavy atom. The van der Waals surface area contributed by atoms with Crippen LogP contribution in [0.5, 0.6) is 0 Å². The minimum atomic E-state index is -1.09. The first kappa shape index (κ1) is 8.14. The van der Waals surface area contributed by atoms with Crippen molar-refractivity contribution in [3.05, 3.63) is 0 Å². The second-order valence-corrected chi connectivity index (χ2v) is 5.14. The van der Waals surface area contributed by atoms with Crippen LogP contribution in [0, 0.1) is 0 Å². The maximum atomic E-state index is 8.37. The molecule has 0 aromatic rings. The van der Waals surface area contributed by atoms with Crippen LogP contribution in [0.15, 0.2) is 0 Å². The standard InChI is InChI=1S/C5H13O2Si/c1-8(2)4-3-5(6)7/h5-7H,3-4H2,1-2H3. The van der Waals surface area contributed by atoms with E-state index in [9.17, 15) is 0 Å². The molecule has 0 saturated heterocycles. The van der Waals surface area contributed by atoms with Gasteiger partial charge in [0.05, 0.1) is 0 Å². The monoisotopic (exact) mass is 133 g/mol. The lowest BCUT2D eigenvalue weighted by atomic mass is 10.5. The average Bonchev–Trinajstić information content (AvgIpc) is 1.61. The lowest BCUT2D eigenvalue weighted by Crippen LogP contribution is -2.08. The van der Waals surface area contributed by atoms with Crippen LogP contribution in [0.3, 0.4) is 0 Å². The van der Waals surface area contributed by atoms with Gasteiger partial charge in [0, 0.05) is 8.80 Å². The summed E-state index contributed by atoms with van der Waals surface area (Å²) in [4.78, 5) is 0. The Labute approximate surface area is 51.8 Å². The summed E-state index contributed by atoms with van der Waals surface area (Å²) < 4.78 is 0. The largest absolute Gasteiger partial charge is 0.368 e. The fraction of sp³-hybridized carbons (Fsp3) is 1.00. The van der Waals surface area contributed by atoms with Gasteiger partial charge in [0.25, 0.3) is 0 Å². The Morgan fingerprint density at radius 1 is 1.38 bits per heavy atom. The van der Waals surface area contributed by atoms with Crippen LogP contribution in [-0.4, -0.2) is 25.3 Å². The van der Waals surface area contributed by atoms with E-state index in [1.807, 2.05) is 0 Å². The molecule has 0 atom stereocenters. The molecule has 8 heavy (non-hydrogen) atoms. The van der Waals surface area contributed by atoms with Crippen LogP contribution in [-0.2, 0) is 0 Å². The molecule has 0 bridgehead atoms. The smallest absolute Gasteiger partial charge is 0.151 e. The van der Waals surface area contributed by atoms with Crippen molar-refractivity contribution < 1.29 is 10.2 Å². The van der Waals surface area contributed by atoms with E-state index in [4.69, 9.17) is 10.2 Å². The number of rotatable bonds is 3. The lowest BCUT2D eigenvalue weighted by molar-refractivity contribution is -0.0414. The summed E-state index contributed by atoms with van der Waals surface area (Å²) in [6.45, 7) is 4.32. The Hall–Kier alpha value is 0.137. The highest BCUT2D eigenvalue weighted by molar-refractivity contribution is 6.55. The lowest BCUT2D eigenvalue weighted by Gasteiger charge is -2.02. The van der Waals surface area contributed by atoms with Crippen molar-refractivity contribution in [3.63, 3.8) is 0 Å². The molecule has 0 unspecified atom stereocenters. The molecule has 0 heterocycles. The Balaban J connectivity index is 2.93. The minimum absolute atomic E-state index is 0.250. The van der Waals surface area contributed by atoms with E-state index in [-0.39, 0.29) is 8.80 Å². The normalized spacial score (nSPS) is 11.2. The van der Waals surface area contributed by atoms with Gasteiger partial charge in [0.1, 0.15) is 0 Å². The van der Waals surface area contributed by atoms with Gasteiger partial charge < -0.3 is 10.2 Å².